The SMILES string of the molecule is O=C1c2ccc(S(=O)(=O)[O-])cc2C(=O)c2c1cc(S(=O)(=O)[O-])c1nc3c(nc21)c(Br)cc1ccc(S(=O)(=O)[O-])cc13.[Na+].[Na+].[Na+]. The first-order valence-corrected chi connectivity index (χ1v) is 16.0. The Kier molecular flexibility index (Phi) is 10.9. The molecule has 0 radical (unpaired) electrons. The zero-order chi connectivity index (χ0) is 29.8. The van der Waals surface area contributed by atoms with Gasteiger partial charge in [0.05, 0.1) is 25.8 Å². The zero-order valence-electron chi connectivity index (χ0n) is 22.6. The second-order valence-corrected chi connectivity index (χ2v) is 13.8. The Labute approximate surface area is 323 Å². The topological polar surface area (TPSA) is 232 Å². The van der Waals surface area contributed by atoms with Crippen LogP contribution in [0.15, 0.2) is 67.7 Å². The molecule has 1 aliphatic carbocycles. The number of carbonyl (C=O) groups is 2. The summed E-state index contributed by atoms with van der Waals surface area (Å²) in [6.45, 7) is 0. The minimum atomic E-state index is -5.36. The summed E-state index contributed by atoms with van der Waals surface area (Å²) in [5.41, 5.74) is -3.18. The van der Waals surface area contributed by atoms with E-state index in [0.717, 1.165) is 24.3 Å². The van der Waals surface area contributed by atoms with Crippen LogP contribution in [0.4, 0.5) is 0 Å². The number of carbonyl (C=O) groups excluding carboxylic acids is 2. The molecule has 0 amide bonds. The number of aromatic nitrogens is 2. The first kappa shape index (κ1) is 37.7. The summed E-state index contributed by atoms with van der Waals surface area (Å²) in [6.07, 6.45) is 0. The van der Waals surface area contributed by atoms with E-state index < -0.39 is 84.3 Å². The zero-order valence-corrected chi connectivity index (χ0v) is 32.6. The van der Waals surface area contributed by atoms with Crippen molar-refractivity contribution in [3.8, 4) is 0 Å². The number of halogens is 1. The Hall–Kier alpha value is -0.710. The number of nitrogens with zero attached hydrogens (tertiary/aromatic N) is 2. The molecule has 0 spiro atoms. The van der Waals surface area contributed by atoms with Gasteiger partial charge in [-0.2, -0.15) is 0 Å². The van der Waals surface area contributed by atoms with Gasteiger partial charge in [-0.05, 0) is 63.8 Å². The van der Waals surface area contributed by atoms with E-state index in [4.69, 9.17) is 0 Å². The van der Waals surface area contributed by atoms with Crippen LogP contribution in [0.3, 0.4) is 0 Å². The van der Waals surface area contributed by atoms with Gasteiger partial charge in [0.15, 0.2) is 11.6 Å². The van der Waals surface area contributed by atoms with E-state index >= 15 is 0 Å². The van der Waals surface area contributed by atoms with E-state index in [2.05, 4.69) is 25.9 Å². The molecule has 0 bridgehead atoms. The number of benzene rings is 4. The fourth-order valence-electron chi connectivity index (χ4n) is 4.71. The predicted octanol–water partition coefficient (Wildman–Crippen LogP) is -6.80. The van der Waals surface area contributed by atoms with Gasteiger partial charge in [-0.25, -0.2) is 35.2 Å². The van der Waals surface area contributed by atoms with Crippen LogP contribution in [0.1, 0.15) is 31.8 Å². The van der Waals surface area contributed by atoms with E-state index in [-0.39, 0.29) is 115 Å². The first-order valence-electron chi connectivity index (χ1n) is 11.0. The van der Waals surface area contributed by atoms with Crippen LogP contribution >= 0.6 is 15.9 Å². The molecule has 0 unspecified atom stereocenters. The second kappa shape index (κ2) is 12.7. The third-order valence-corrected chi connectivity index (χ3v) is 9.61. The summed E-state index contributed by atoms with van der Waals surface area (Å²) in [6, 6.07) is 7.95. The van der Waals surface area contributed by atoms with Crippen molar-refractivity contribution in [2.24, 2.45) is 0 Å². The van der Waals surface area contributed by atoms with Crippen molar-refractivity contribution in [2.45, 2.75) is 14.7 Å². The van der Waals surface area contributed by atoms with Gasteiger partial charge in [-0.15, -0.1) is 0 Å². The molecular formula is C24H8BrN2Na3O11S3. The number of ketones is 2. The van der Waals surface area contributed by atoms with Gasteiger partial charge in [-0.3, -0.25) is 9.59 Å². The van der Waals surface area contributed by atoms with Crippen molar-refractivity contribution in [3.63, 3.8) is 0 Å². The third kappa shape index (κ3) is 6.28. The number of hydrogen-bond acceptors (Lipinski definition) is 13. The molecule has 4 aromatic carbocycles. The van der Waals surface area contributed by atoms with Crippen molar-refractivity contribution in [2.75, 3.05) is 0 Å². The van der Waals surface area contributed by atoms with Gasteiger partial charge in [0, 0.05) is 26.5 Å². The fourth-order valence-corrected chi connectivity index (χ4v) is 6.86. The maximum absolute atomic E-state index is 13.6. The van der Waals surface area contributed by atoms with Crippen LogP contribution < -0.4 is 88.7 Å². The normalized spacial score (nSPS) is 13.1. The van der Waals surface area contributed by atoms with Crippen LogP contribution in [0.5, 0.6) is 0 Å². The van der Waals surface area contributed by atoms with Gasteiger partial charge < -0.3 is 13.7 Å². The second-order valence-electron chi connectivity index (χ2n) is 8.88. The van der Waals surface area contributed by atoms with Crippen molar-refractivity contribution >= 4 is 90.7 Å². The molecule has 1 heterocycles. The molecule has 0 atom stereocenters. The molecule has 0 saturated heterocycles. The van der Waals surface area contributed by atoms with E-state index in [1.165, 1.54) is 12.1 Å². The van der Waals surface area contributed by atoms with Crippen molar-refractivity contribution in [1.29, 1.82) is 0 Å². The average Bonchev–Trinajstić information content (AvgIpc) is 2.88. The summed E-state index contributed by atoms with van der Waals surface area (Å²) in [5, 5.41) is 0.390. The predicted molar refractivity (Wildman–Crippen MR) is 139 cm³/mol. The first-order chi connectivity index (χ1) is 19.0. The van der Waals surface area contributed by atoms with Gasteiger partial charge in [0.2, 0.25) is 0 Å². The summed E-state index contributed by atoms with van der Waals surface area (Å²) in [7, 11) is -15.3. The molecule has 1 aromatic heterocycles. The molecule has 13 nitrogen and oxygen atoms in total. The van der Waals surface area contributed by atoms with E-state index in [1.807, 2.05) is 0 Å². The molecule has 0 N–H and O–H groups in total. The van der Waals surface area contributed by atoms with Crippen LogP contribution in [-0.4, -0.2) is 60.4 Å². The largest absolute Gasteiger partial charge is 1.00 e. The quantitative estimate of drug-likeness (QED) is 0.0711. The molecule has 0 saturated carbocycles. The standard InChI is InChI=1S/C24H11BrN2O11S3.3Na/c25-16-5-9-1-2-10(39(30,31)32)6-13(9)19-20(16)27-22-18-15(8-17(21(22)26-19)41(36,37)38)23(28)12-4-3-11(40(33,34)35)7-14(12)24(18)29;;;/h1-8H,(H,30,31,32)(H,33,34,35)(H,36,37,38);;;/q;3*+1/p-3. The van der Waals surface area contributed by atoms with Crippen LogP contribution in [0, 0.1) is 0 Å². The van der Waals surface area contributed by atoms with Crippen LogP contribution in [-0.2, 0) is 30.4 Å². The maximum Gasteiger partial charge on any atom is 1.00 e. The Morgan fingerprint density at radius 2 is 1.14 bits per heavy atom. The summed E-state index contributed by atoms with van der Waals surface area (Å²) < 4.78 is 107. The molecule has 44 heavy (non-hydrogen) atoms. The Bertz CT molecular complexity index is 2460. The summed E-state index contributed by atoms with van der Waals surface area (Å²) in [5.74, 6) is -1.94. The molecular weight excluding hydrogens is 737 g/mol. The van der Waals surface area contributed by atoms with Crippen molar-refractivity contribution < 1.29 is 137 Å². The number of hydrogen-bond donors (Lipinski definition) is 0. The molecule has 20 heteroatoms. The van der Waals surface area contributed by atoms with Crippen LogP contribution in [0.2, 0.25) is 0 Å². The summed E-state index contributed by atoms with van der Waals surface area (Å²) in [4.78, 5) is 33.2. The minimum Gasteiger partial charge on any atom is -0.744 e. The van der Waals surface area contributed by atoms with Gasteiger partial charge >= 0.3 is 88.7 Å². The van der Waals surface area contributed by atoms with Gasteiger partial charge in [0.25, 0.3) is 0 Å². The molecule has 0 aliphatic heterocycles. The van der Waals surface area contributed by atoms with E-state index in [9.17, 15) is 48.5 Å². The Morgan fingerprint density at radius 3 is 1.73 bits per heavy atom. The third-order valence-electron chi connectivity index (χ3n) is 6.50. The smallest absolute Gasteiger partial charge is 0.744 e. The van der Waals surface area contributed by atoms with Crippen LogP contribution in [0.25, 0.3) is 32.8 Å². The van der Waals surface area contributed by atoms with E-state index in [1.54, 1.807) is 0 Å². The molecule has 0 fully saturated rings. The molecule has 1 aliphatic rings. The molecule has 208 valence electrons. The monoisotopic (exact) mass is 744 g/mol. The van der Waals surface area contributed by atoms with Crippen molar-refractivity contribution in [1.82, 2.24) is 9.97 Å². The molecule has 6 rings (SSSR count). The molecule has 5 aromatic rings. The average molecular weight is 745 g/mol. The van der Waals surface area contributed by atoms with Crippen molar-refractivity contribution in [3.05, 3.63) is 75.3 Å². The Balaban J connectivity index is 0.00000176. The maximum atomic E-state index is 13.6. The van der Waals surface area contributed by atoms with Gasteiger partial charge in [0.1, 0.15) is 46.9 Å². The Morgan fingerprint density at radius 1 is 0.568 bits per heavy atom. The number of rotatable bonds is 3. The number of fused-ring (bicyclic) bond motifs is 7. The fraction of sp³-hybridized carbons (Fsp3) is 0. The van der Waals surface area contributed by atoms with Gasteiger partial charge in [-0.1, -0.05) is 6.07 Å². The minimum absolute atomic E-state index is 0. The van der Waals surface area contributed by atoms with E-state index in [0.29, 0.717) is 17.5 Å². The summed E-state index contributed by atoms with van der Waals surface area (Å²) >= 11 is 3.28.